The molecule has 0 amide bonds. The highest BCUT2D eigenvalue weighted by molar-refractivity contribution is 5.94. The van der Waals surface area contributed by atoms with Crippen molar-refractivity contribution in [2.45, 2.75) is 27.7 Å². The minimum Gasteiger partial charge on any atom is -0.200 e. The molecule has 0 aliphatic rings. The molecular formula is C20H22N+. The van der Waals surface area contributed by atoms with Crippen LogP contribution >= 0.6 is 0 Å². The summed E-state index contributed by atoms with van der Waals surface area (Å²) in [7, 11) is 2.13. The van der Waals surface area contributed by atoms with Gasteiger partial charge in [0, 0.05) is 6.07 Å². The van der Waals surface area contributed by atoms with Crippen LogP contribution in [0.3, 0.4) is 0 Å². The average molecular weight is 276 g/mol. The Morgan fingerprint density at radius 2 is 1.57 bits per heavy atom. The number of hydrogen-bond donors (Lipinski definition) is 0. The highest BCUT2D eigenvalue weighted by Crippen LogP contribution is 2.30. The maximum absolute atomic E-state index is 2.30. The maximum Gasteiger partial charge on any atom is 0.220 e. The highest BCUT2D eigenvalue weighted by atomic mass is 14.9. The second-order valence-electron chi connectivity index (χ2n) is 6.12. The van der Waals surface area contributed by atoms with E-state index in [2.05, 4.69) is 81.9 Å². The molecule has 0 fully saturated rings. The first-order valence-corrected chi connectivity index (χ1v) is 7.44. The lowest BCUT2D eigenvalue weighted by atomic mass is 9.94. The molecule has 1 aromatic heterocycles. The fourth-order valence-corrected chi connectivity index (χ4v) is 3.10. The maximum atomic E-state index is 2.30. The van der Waals surface area contributed by atoms with Gasteiger partial charge < -0.3 is 0 Å². The molecule has 1 heterocycles. The summed E-state index contributed by atoms with van der Waals surface area (Å²) in [5.74, 6) is 0. The zero-order valence-corrected chi connectivity index (χ0v) is 13.5. The predicted molar refractivity (Wildman–Crippen MR) is 89.5 cm³/mol. The summed E-state index contributed by atoms with van der Waals surface area (Å²) in [5, 5.41) is 2.63. The van der Waals surface area contributed by atoms with Crippen LogP contribution in [0.4, 0.5) is 0 Å². The van der Waals surface area contributed by atoms with E-state index in [1.807, 2.05) is 0 Å². The van der Waals surface area contributed by atoms with Gasteiger partial charge in [-0.15, -0.1) is 0 Å². The quantitative estimate of drug-likeness (QED) is 0.573. The van der Waals surface area contributed by atoms with E-state index in [-0.39, 0.29) is 0 Å². The zero-order valence-electron chi connectivity index (χ0n) is 13.5. The van der Waals surface area contributed by atoms with Crippen molar-refractivity contribution in [2.75, 3.05) is 0 Å². The van der Waals surface area contributed by atoms with Crippen molar-refractivity contribution in [3.63, 3.8) is 0 Å². The molecule has 0 unspecified atom stereocenters. The molecule has 2 aromatic carbocycles. The van der Waals surface area contributed by atoms with E-state index in [4.69, 9.17) is 0 Å². The van der Waals surface area contributed by atoms with Crippen LogP contribution in [0.15, 0.2) is 42.6 Å². The van der Waals surface area contributed by atoms with Gasteiger partial charge in [0.1, 0.15) is 7.05 Å². The SMILES string of the molecule is Cc1cc(C)c(C)c(-c2c3cc(C)ccc3cc[n+]2C)c1. The molecule has 0 spiro atoms. The third-order valence-corrected chi connectivity index (χ3v) is 4.36. The fraction of sp³-hybridized carbons (Fsp3) is 0.250. The van der Waals surface area contributed by atoms with Crippen molar-refractivity contribution in [1.82, 2.24) is 0 Å². The van der Waals surface area contributed by atoms with Crippen molar-refractivity contribution < 1.29 is 4.57 Å². The number of aryl methyl sites for hydroxylation is 4. The van der Waals surface area contributed by atoms with Gasteiger partial charge in [-0.05, 0) is 56.3 Å². The lowest BCUT2D eigenvalue weighted by Crippen LogP contribution is -2.30. The van der Waals surface area contributed by atoms with Crippen LogP contribution in [0.2, 0.25) is 0 Å². The molecule has 0 N–H and O–H groups in total. The van der Waals surface area contributed by atoms with E-state index in [0.29, 0.717) is 0 Å². The summed E-state index contributed by atoms with van der Waals surface area (Å²) in [6.45, 7) is 8.75. The second-order valence-corrected chi connectivity index (χ2v) is 6.12. The number of rotatable bonds is 1. The number of nitrogens with zero attached hydrogens (tertiary/aromatic N) is 1. The van der Waals surface area contributed by atoms with Gasteiger partial charge in [-0.1, -0.05) is 29.3 Å². The molecule has 21 heavy (non-hydrogen) atoms. The van der Waals surface area contributed by atoms with Gasteiger partial charge in [0.2, 0.25) is 5.69 Å². The van der Waals surface area contributed by atoms with Crippen molar-refractivity contribution in [3.8, 4) is 11.3 Å². The minimum absolute atomic E-state index is 1.30. The number of hydrogen-bond acceptors (Lipinski definition) is 0. The van der Waals surface area contributed by atoms with Gasteiger partial charge in [0.25, 0.3) is 0 Å². The number of aromatic nitrogens is 1. The molecule has 1 heteroatoms. The molecule has 0 radical (unpaired) electrons. The molecule has 0 atom stereocenters. The minimum atomic E-state index is 1.30. The first kappa shape index (κ1) is 13.8. The average Bonchev–Trinajstić information content (AvgIpc) is 2.43. The van der Waals surface area contributed by atoms with Gasteiger partial charge in [0.15, 0.2) is 6.20 Å². The Labute approximate surface area is 126 Å². The predicted octanol–water partition coefficient (Wildman–Crippen LogP) is 4.56. The van der Waals surface area contributed by atoms with Crippen molar-refractivity contribution in [3.05, 3.63) is 64.8 Å². The molecule has 0 aliphatic carbocycles. The number of pyridine rings is 1. The summed E-state index contributed by atoms with van der Waals surface area (Å²) >= 11 is 0. The van der Waals surface area contributed by atoms with E-state index in [1.165, 1.54) is 44.3 Å². The van der Waals surface area contributed by atoms with Gasteiger partial charge >= 0.3 is 0 Å². The Kier molecular flexibility index (Phi) is 3.29. The van der Waals surface area contributed by atoms with Crippen molar-refractivity contribution in [2.24, 2.45) is 7.05 Å². The third kappa shape index (κ3) is 2.33. The van der Waals surface area contributed by atoms with Gasteiger partial charge in [0.05, 0.1) is 10.9 Å². The lowest BCUT2D eigenvalue weighted by Gasteiger charge is -2.11. The number of fused-ring (bicyclic) bond motifs is 1. The number of benzene rings is 2. The summed E-state index contributed by atoms with van der Waals surface area (Å²) < 4.78 is 2.24. The summed E-state index contributed by atoms with van der Waals surface area (Å²) in [5.41, 5.74) is 7.99. The van der Waals surface area contributed by atoms with Crippen LogP contribution in [-0.2, 0) is 7.05 Å². The van der Waals surface area contributed by atoms with E-state index < -0.39 is 0 Å². The summed E-state index contributed by atoms with van der Waals surface area (Å²) in [6, 6.07) is 13.4. The molecule has 0 saturated carbocycles. The highest BCUT2D eigenvalue weighted by Gasteiger charge is 2.18. The normalized spacial score (nSPS) is 11.1. The van der Waals surface area contributed by atoms with Gasteiger partial charge in [-0.2, -0.15) is 0 Å². The summed E-state index contributed by atoms with van der Waals surface area (Å²) in [4.78, 5) is 0. The molecular weight excluding hydrogens is 254 g/mol. The molecule has 3 rings (SSSR count). The fourth-order valence-electron chi connectivity index (χ4n) is 3.10. The van der Waals surface area contributed by atoms with E-state index in [9.17, 15) is 0 Å². The van der Waals surface area contributed by atoms with Crippen molar-refractivity contribution in [1.29, 1.82) is 0 Å². The van der Waals surface area contributed by atoms with E-state index in [0.717, 1.165) is 0 Å². The molecule has 3 aromatic rings. The third-order valence-electron chi connectivity index (χ3n) is 4.36. The van der Waals surface area contributed by atoms with E-state index in [1.54, 1.807) is 0 Å². The lowest BCUT2D eigenvalue weighted by molar-refractivity contribution is -0.659. The Morgan fingerprint density at radius 3 is 2.33 bits per heavy atom. The Bertz CT molecular complexity index is 839. The van der Waals surface area contributed by atoms with Crippen LogP contribution in [-0.4, -0.2) is 0 Å². The van der Waals surface area contributed by atoms with Crippen LogP contribution in [0.25, 0.3) is 22.0 Å². The largest absolute Gasteiger partial charge is 0.220 e. The first-order chi connectivity index (χ1) is 9.97. The molecule has 106 valence electrons. The van der Waals surface area contributed by atoms with Crippen LogP contribution in [0.1, 0.15) is 22.3 Å². The van der Waals surface area contributed by atoms with Crippen molar-refractivity contribution >= 4 is 10.8 Å². The monoisotopic (exact) mass is 276 g/mol. The van der Waals surface area contributed by atoms with Gasteiger partial charge in [-0.3, -0.25) is 0 Å². The van der Waals surface area contributed by atoms with Gasteiger partial charge in [-0.25, -0.2) is 4.57 Å². The molecule has 1 nitrogen and oxygen atoms in total. The smallest absolute Gasteiger partial charge is 0.200 e. The second kappa shape index (κ2) is 5.00. The molecule has 0 saturated heterocycles. The van der Waals surface area contributed by atoms with Crippen LogP contribution < -0.4 is 4.57 Å². The molecule has 0 bridgehead atoms. The Hall–Kier alpha value is -2.15. The van der Waals surface area contributed by atoms with E-state index >= 15 is 0 Å². The first-order valence-electron chi connectivity index (χ1n) is 7.44. The van der Waals surface area contributed by atoms with Crippen LogP contribution in [0, 0.1) is 27.7 Å². The Balaban J connectivity index is 2.45. The topological polar surface area (TPSA) is 3.88 Å². The Morgan fingerprint density at radius 1 is 0.810 bits per heavy atom. The van der Waals surface area contributed by atoms with Crippen LogP contribution in [0.5, 0.6) is 0 Å². The summed E-state index contributed by atoms with van der Waals surface area (Å²) in [6.07, 6.45) is 2.16. The standard InChI is InChI=1S/C20H22N/c1-13-6-7-17-8-9-21(5)20(19(17)11-13)18-12-14(2)10-15(3)16(18)4/h6-12H,1-5H3/q+1. The zero-order chi connectivity index (χ0) is 15.1. The molecule has 0 aliphatic heterocycles.